The minimum absolute atomic E-state index is 0.295. The zero-order chi connectivity index (χ0) is 15.6. The van der Waals surface area contributed by atoms with E-state index < -0.39 is 4.75 Å². The van der Waals surface area contributed by atoms with Crippen molar-refractivity contribution < 1.29 is 14.0 Å². The fraction of sp³-hybridized carbons (Fsp3) is 0.250. The van der Waals surface area contributed by atoms with Crippen LogP contribution in [-0.2, 0) is 16.0 Å². The normalized spacial score (nSPS) is 20.1. The van der Waals surface area contributed by atoms with Crippen LogP contribution in [0, 0.1) is 0 Å². The van der Waals surface area contributed by atoms with E-state index in [2.05, 4.69) is 10.6 Å². The van der Waals surface area contributed by atoms with E-state index in [9.17, 15) is 9.59 Å². The van der Waals surface area contributed by atoms with Crippen molar-refractivity contribution in [3.63, 3.8) is 0 Å². The molecule has 1 aromatic heterocycles. The van der Waals surface area contributed by atoms with Crippen LogP contribution < -0.4 is 10.6 Å². The van der Waals surface area contributed by atoms with Gasteiger partial charge in [0.15, 0.2) is 4.75 Å². The lowest BCUT2D eigenvalue weighted by molar-refractivity contribution is -0.129. The van der Waals surface area contributed by atoms with Gasteiger partial charge in [-0.2, -0.15) is 0 Å². The SMILES string of the molecule is CC1(C(=O)NCCc2ccco2)Sc2ccccc2NC1=O. The van der Waals surface area contributed by atoms with Crippen LogP contribution in [0.2, 0.25) is 0 Å². The van der Waals surface area contributed by atoms with Crippen LogP contribution in [0.15, 0.2) is 52.0 Å². The molecule has 114 valence electrons. The number of carbonyl (C=O) groups excluding carboxylic acids is 2. The standard InChI is InChI=1S/C16H16N2O3S/c1-16(14(19)17-9-8-11-5-4-10-21-11)15(20)18-12-6-2-3-7-13(12)22-16/h2-7,10H,8-9H2,1H3,(H,17,19)(H,18,20). The lowest BCUT2D eigenvalue weighted by atomic mass is 10.1. The molecule has 1 unspecified atom stereocenters. The number of anilines is 1. The topological polar surface area (TPSA) is 71.3 Å². The van der Waals surface area contributed by atoms with Crippen molar-refractivity contribution in [2.24, 2.45) is 0 Å². The molecule has 0 bridgehead atoms. The average molecular weight is 316 g/mol. The summed E-state index contributed by atoms with van der Waals surface area (Å²) in [6.07, 6.45) is 2.19. The van der Waals surface area contributed by atoms with Crippen molar-refractivity contribution >= 4 is 29.3 Å². The molecule has 1 aliphatic rings. The lowest BCUT2D eigenvalue weighted by Gasteiger charge is -2.31. The van der Waals surface area contributed by atoms with Crippen molar-refractivity contribution in [1.29, 1.82) is 0 Å². The Morgan fingerprint density at radius 3 is 2.91 bits per heavy atom. The maximum atomic E-state index is 12.4. The zero-order valence-corrected chi connectivity index (χ0v) is 12.9. The van der Waals surface area contributed by atoms with Crippen LogP contribution in [0.4, 0.5) is 5.69 Å². The molecule has 1 aliphatic heterocycles. The third kappa shape index (κ3) is 2.74. The molecule has 0 radical (unpaired) electrons. The summed E-state index contributed by atoms with van der Waals surface area (Å²) in [5, 5.41) is 5.61. The molecule has 2 amide bonds. The number of para-hydroxylation sites is 1. The Labute approximate surface area is 132 Å². The van der Waals surface area contributed by atoms with Crippen LogP contribution in [0.3, 0.4) is 0 Å². The van der Waals surface area contributed by atoms with E-state index in [4.69, 9.17) is 4.42 Å². The highest BCUT2D eigenvalue weighted by Crippen LogP contribution is 2.42. The Kier molecular flexibility index (Phi) is 3.94. The first-order chi connectivity index (χ1) is 10.6. The Morgan fingerprint density at radius 2 is 2.14 bits per heavy atom. The highest BCUT2D eigenvalue weighted by Gasteiger charge is 2.45. The van der Waals surface area contributed by atoms with E-state index in [1.54, 1.807) is 19.3 Å². The maximum absolute atomic E-state index is 12.4. The predicted octanol–water partition coefficient (Wildman–Crippen LogP) is 2.44. The molecule has 2 N–H and O–H groups in total. The Balaban J connectivity index is 1.67. The molecule has 0 saturated heterocycles. The average Bonchev–Trinajstić information content (AvgIpc) is 3.01. The van der Waals surface area contributed by atoms with Gasteiger partial charge in [0, 0.05) is 17.9 Å². The Hall–Kier alpha value is -2.21. The number of nitrogens with one attached hydrogen (secondary N) is 2. The van der Waals surface area contributed by atoms with Gasteiger partial charge in [-0.25, -0.2) is 0 Å². The van der Waals surface area contributed by atoms with Crippen molar-refractivity contribution in [2.75, 3.05) is 11.9 Å². The van der Waals surface area contributed by atoms with Crippen molar-refractivity contribution in [3.8, 4) is 0 Å². The summed E-state index contributed by atoms with van der Waals surface area (Å²) in [4.78, 5) is 25.6. The molecule has 2 heterocycles. The summed E-state index contributed by atoms with van der Waals surface area (Å²) in [6, 6.07) is 11.1. The second-order valence-electron chi connectivity index (χ2n) is 5.17. The summed E-state index contributed by atoms with van der Waals surface area (Å²) < 4.78 is 4.05. The van der Waals surface area contributed by atoms with Gasteiger partial charge in [-0.15, -0.1) is 0 Å². The second kappa shape index (κ2) is 5.88. The number of rotatable bonds is 4. The van der Waals surface area contributed by atoms with E-state index in [0.29, 0.717) is 13.0 Å². The van der Waals surface area contributed by atoms with Gasteiger partial charge in [-0.3, -0.25) is 9.59 Å². The van der Waals surface area contributed by atoms with E-state index in [1.165, 1.54) is 11.8 Å². The van der Waals surface area contributed by atoms with Gasteiger partial charge < -0.3 is 15.1 Å². The predicted molar refractivity (Wildman–Crippen MR) is 84.8 cm³/mol. The lowest BCUT2D eigenvalue weighted by Crippen LogP contribution is -2.52. The summed E-state index contributed by atoms with van der Waals surface area (Å²) >= 11 is 1.28. The summed E-state index contributed by atoms with van der Waals surface area (Å²) in [5.41, 5.74) is 0.748. The van der Waals surface area contributed by atoms with Gasteiger partial charge in [-0.1, -0.05) is 23.9 Å². The van der Waals surface area contributed by atoms with Gasteiger partial charge in [0.1, 0.15) is 5.76 Å². The summed E-state index contributed by atoms with van der Waals surface area (Å²) in [6.45, 7) is 2.07. The van der Waals surface area contributed by atoms with Gasteiger partial charge in [-0.05, 0) is 31.2 Å². The Bertz CT molecular complexity index is 699. The molecule has 0 spiro atoms. The molecule has 6 heteroatoms. The molecule has 0 fully saturated rings. The van der Waals surface area contributed by atoms with E-state index in [-0.39, 0.29) is 11.8 Å². The highest BCUT2D eigenvalue weighted by molar-refractivity contribution is 8.02. The minimum atomic E-state index is -1.17. The highest BCUT2D eigenvalue weighted by atomic mass is 32.2. The molecule has 1 aromatic carbocycles. The largest absolute Gasteiger partial charge is 0.469 e. The van der Waals surface area contributed by atoms with E-state index in [1.807, 2.05) is 30.3 Å². The molecular weight excluding hydrogens is 300 g/mol. The Morgan fingerprint density at radius 1 is 1.32 bits per heavy atom. The summed E-state index contributed by atoms with van der Waals surface area (Å²) in [5.74, 6) is 0.208. The first-order valence-electron chi connectivity index (χ1n) is 7.00. The van der Waals surface area contributed by atoms with E-state index in [0.717, 1.165) is 16.3 Å². The molecule has 3 rings (SSSR count). The van der Waals surface area contributed by atoms with Crippen LogP contribution in [0.1, 0.15) is 12.7 Å². The molecular formula is C16H16N2O3S. The van der Waals surface area contributed by atoms with Crippen molar-refractivity contribution in [3.05, 3.63) is 48.4 Å². The van der Waals surface area contributed by atoms with Crippen LogP contribution in [-0.4, -0.2) is 23.1 Å². The molecule has 0 aliphatic carbocycles. The molecule has 1 atom stereocenters. The minimum Gasteiger partial charge on any atom is -0.469 e. The fourth-order valence-corrected chi connectivity index (χ4v) is 3.36. The number of benzene rings is 1. The van der Waals surface area contributed by atoms with Crippen LogP contribution in [0.25, 0.3) is 0 Å². The smallest absolute Gasteiger partial charge is 0.250 e. The van der Waals surface area contributed by atoms with Crippen molar-refractivity contribution in [2.45, 2.75) is 23.0 Å². The third-order valence-corrected chi connectivity index (χ3v) is 4.91. The number of thioether (sulfide) groups is 1. The van der Waals surface area contributed by atoms with Crippen LogP contribution >= 0.6 is 11.8 Å². The van der Waals surface area contributed by atoms with E-state index >= 15 is 0 Å². The number of carbonyl (C=O) groups is 2. The molecule has 2 aromatic rings. The number of fused-ring (bicyclic) bond motifs is 1. The van der Waals surface area contributed by atoms with Gasteiger partial charge in [0.2, 0.25) is 11.8 Å². The number of hydrogen-bond acceptors (Lipinski definition) is 4. The zero-order valence-electron chi connectivity index (χ0n) is 12.1. The first-order valence-corrected chi connectivity index (χ1v) is 7.81. The van der Waals surface area contributed by atoms with Gasteiger partial charge in [0.05, 0.1) is 12.0 Å². The summed E-state index contributed by atoms with van der Waals surface area (Å²) in [7, 11) is 0. The van der Waals surface area contributed by atoms with Gasteiger partial charge in [0.25, 0.3) is 0 Å². The monoisotopic (exact) mass is 316 g/mol. The van der Waals surface area contributed by atoms with Crippen molar-refractivity contribution in [1.82, 2.24) is 5.32 Å². The van der Waals surface area contributed by atoms with Gasteiger partial charge >= 0.3 is 0 Å². The second-order valence-corrected chi connectivity index (χ2v) is 6.63. The third-order valence-electron chi connectivity index (χ3n) is 3.55. The number of furan rings is 1. The molecule has 22 heavy (non-hydrogen) atoms. The van der Waals surface area contributed by atoms with Crippen LogP contribution in [0.5, 0.6) is 0 Å². The first kappa shape index (κ1) is 14.7. The number of hydrogen-bond donors (Lipinski definition) is 2. The quantitative estimate of drug-likeness (QED) is 0.850. The molecule has 5 nitrogen and oxygen atoms in total. The fourth-order valence-electron chi connectivity index (χ4n) is 2.24. The number of amides is 2. The molecule has 0 saturated carbocycles. The maximum Gasteiger partial charge on any atom is 0.250 e.